The molecule has 4 nitrogen and oxygen atoms in total. The van der Waals surface area contributed by atoms with Crippen molar-refractivity contribution >= 4 is 40.9 Å². The minimum Gasteiger partial charge on any atom is -0.352 e. The van der Waals surface area contributed by atoms with Crippen LogP contribution < -0.4 is 10.6 Å². The van der Waals surface area contributed by atoms with Crippen molar-refractivity contribution < 1.29 is 9.59 Å². The van der Waals surface area contributed by atoms with E-state index in [0.717, 1.165) is 4.90 Å². The van der Waals surface area contributed by atoms with Gasteiger partial charge in [0.15, 0.2) is 0 Å². The largest absolute Gasteiger partial charge is 0.352 e. The molecule has 26 heavy (non-hydrogen) atoms. The van der Waals surface area contributed by atoms with Crippen LogP contribution in [0.5, 0.6) is 0 Å². The second-order valence-electron chi connectivity index (χ2n) is 6.25. The third-order valence-electron chi connectivity index (χ3n) is 3.53. The van der Waals surface area contributed by atoms with Gasteiger partial charge in [0.25, 0.3) is 5.91 Å². The normalized spacial score (nSPS) is 10.6. The van der Waals surface area contributed by atoms with Crippen molar-refractivity contribution in [2.24, 2.45) is 5.92 Å². The van der Waals surface area contributed by atoms with Gasteiger partial charge in [0.2, 0.25) is 5.91 Å². The number of benzene rings is 2. The van der Waals surface area contributed by atoms with Crippen LogP contribution >= 0.6 is 23.4 Å². The Hall–Kier alpha value is -1.98. The molecule has 138 valence electrons. The highest BCUT2D eigenvalue weighted by Crippen LogP contribution is 2.21. The van der Waals surface area contributed by atoms with Crippen molar-refractivity contribution in [1.29, 1.82) is 0 Å². The molecule has 0 aliphatic rings. The van der Waals surface area contributed by atoms with E-state index >= 15 is 0 Å². The first-order valence-corrected chi connectivity index (χ1v) is 9.87. The molecule has 2 rings (SSSR count). The summed E-state index contributed by atoms with van der Waals surface area (Å²) in [6, 6.07) is 14.6. The van der Waals surface area contributed by atoms with E-state index in [2.05, 4.69) is 10.6 Å². The molecule has 0 saturated carbocycles. The van der Waals surface area contributed by atoms with Crippen LogP contribution in [0.15, 0.2) is 53.4 Å². The number of hydrogen-bond acceptors (Lipinski definition) is 3. The molecule has 2 aromatic rings. The van der Waals surface area contributed by atoms with Crippen molar-refractivity contribution in [2.75, 3.05) is 17.6 Å². The molecule has 0 spiro atoms. The van der Waals surface area contributed by atoms with E-state index < -0.39 is 0 Å². The van der Waals surface area contributed by atoms with E-state index in [-0.39, 0.29) is 11.8 Å². The Morgan fingerprint density at radius 2 is 1.77 bits per heavy atom. The highest BCUT2D eigenvalue weighted by molar-refractivity contribution is 7.99. The summed E-state index contributed by atoms with van der Waals surface area (Å²) in [6.07, 6.45) is 0.356. The van der Waals surface area contributed by atoms with Gasteiger partial charge >= 0.3 is 0 Å². The van der Waals surface area contributed by atoms with Gasteiger partial charge in [0.1, 0.15) is 0 Å². The summed E-state index contributed by atoms with van der Waals surface area (Å²) in [6.45, 7) is 4.66. The van der Waals surface area contributed by atoms with Crippen molar-refractivity contribution in [1.82, 2.24) is 5.32 Å². The van der Waals surface area contributed by atoms with Crippen LogP contribution in [-0.4, -0.2) is 24.1 Å². The van der Waals surface area contributed by atoms with E-state index in [1.54, 1.807) is 36.0 Å². The Morgan fingerprint density at radius 1 is 1.08 bits per heavy atom. The van der Waals surface area contributed by atoms with Crippen LogP contribution in [0.25, 0.3) is 0 Å². The molecule has 0 unspecified atom stereocenters. The summed E-state index contributed by atoms with van der Waals surface area (Å²) < 4.78 is 0. The summed E-state index contributed by atoms with van der Waals surface area (Å²) in [5, 5.41) is 6.41. The number of amides is 2. The Balaban J connectivity index is 1.88. The zero-order chi connectivity index (χ0) is 18.9. The molecule has 0 saturated heterocycles. The average Bonchev–Trinajstić information content (AvgIpc) is 2.62. The van der Waals surface area contributed by atoms with Crippen LogP contribution in [0.1, 0.15) is 30.6 Å². The monoisotopic (exact) mass is 390 g/mol. The minimum atomic E-state index is -0.176. The highest BCUT2D eigenvalue weighted by atomic mass is 35.5. The second-order valence-corrected chi connectivity index (χ2v) is 7.85. The fourth-order valence-corrected chi connectivity index (χ4v) is 3.16. The molecule has 2 N–H and O–H groups in total. The lowest BCUT2D eigenvalue weighted by Crippen LogP contribution is -2.28. The maximum Gasteiger partial charge on any atom is 0.253 e. The summed E-state index contributed by atoms with van der Waals surface area (Å²) >= 11 is 7.45. The lowest BCUT2D eigenvalue weighted by Gasteiger charge is -2.12. The number of rotatable bonds is 8. The maximum absolute atomic E-state index is 12.3. The van der Waals surface area contributed by atoms with Crippen molar-refractivity contribution in [2.45, 2.75) is 25.2 Å². The molecular formula is C20H23ClN2O2S. The Bertz CT molecular complexity index is 748. The summed E-state index contributed by atoms with van der Waals surface area (Å²) in [5.41, 5.74) is 1.02. The predicted molar refractivity (Wildman–Crippen MR) is 109 cm³/mol. The quantitative estimate of drug-likeness (QED) is 0.633. The van der Waals surface area contributed by atoms with Gasteiger partial charge in [-0.15, -0.1) is 11.8 Å². The first-order chi connectivity index (χ1) is 12.5. The fraction of sp³-hybridized carbons (Fsp3) is 0.300. The lowest BCUT2D eigenvalue weighted by atomic mass is 10.1. The number of thioether (sulfide) groups is 1. The van der Waals surface area contributed by atoms with Gasteiger partial charge in [-0.05, 0) is 42.3 Å². The zero-order valence-electron chi connectivity index (χ0n) is 14.9. The molecule has 0 aliphatic carbocycles. The average molecular weight is 391 g/mol. The summed E-state index contributed by atoms with van der Waals surface area (Å²) in [4.78, 5) is 25.6. The number of anilines is 1. The van der Waals surface area contributed by atoms with E-state index in [0.29, 0.717) is 40.9 Å². The molecular weight excluding hydrogens is 368 g/mol. The molecule has 0 heterocycles. The zero-order valence-corrected chi connectivity index (χ0v) is 16.5. The first kappa shape index (κ1) is 20.3. The lowest BCUT2D eigenvalue weighted by molar-refractivity contribution is -0.115. The van der Waals surface area contributed by atoms with E-state index in [1.807, 2.05) is 38.1 Å². The van der Waals surface area contributed by atoms with Crippen LogP contribution in [0.2, 0.25) is 5.02 Å². The maximum atomic E-state index is 12.3. The van der Waals surface area contributed by atoms with Gasteiger partial charge in [0, 0.05) is 28.6 Å². The van der Waals surface area contributed by atoms with Crippen LogP contribution in [0.4, 0.5) is 5.69 Å². The SMILES string of the molecule is CC(C)CNC(=O)c1ccccc1NC(=O)CCSc1ccc(Cl)cc1. The van der Waals surface area contributed by atoms with E-state index in [4.69, 9.17) is 11.6 Å². The third kappa shape index (κ3) is 6.73. The third-order valence-corrected chi connectivity index (χ3v) is 4.79. The van der Waals surface area contributed by atoms with E-state index in [1.165, 1.54) is 0 Å². The molecule has 0 aliphatic heterocycles. The number of carbonyl (C=O) groups excluding carboxylic acids is 2. The van der Waals surface area contributed by atoms with Crippen LogP contribution in [-0.2, 0) is 4.79 Å². The van der Waals surface area contributed by atoms with Gasteiger partial charge in [-0.3, -0.25) is 9.59 Å². The summed E-state index contributed by atoms with van der Waals surface area (Å²) in [7, 11) is 0. The minimum absolute atomic E-state index is 0.115. The smallest absolute Gasteiger partial charge is 0.253 e. The standard InChI is InChI=1S/C20H23ClN2O2S/c1-14(2)13-22-20(25)17-5-3-4-6-18(17)23-19(24)11-12-26-16-9-7-15(21)8-10-16/h3-10,14H,11-13H2,1-2H3,(H,22,25)(H,23,24). The van der Waals surface area contributed by atoms with Gasteiger partial charge in [-0.25, -0.2) is 0 Å². The van der Waals surface area contributed by atoms with Crippen LogP contribution in [0.3, 0.4) is 0 Å². The van der Waals surface area contributed by atoms with Gasteiger partial charge in [0.05, 0.1) is 11.3 Å². The van der Waals surface area contributed by atoms with Crippen LogP contribution in [0, 0.1) is 5.92 Å². The van der Waals surface area contributed by atoms with E-state index in [9.17, 15) is 9.59 Å². The topological polar surface area (TPSA) is 58.2 Å². The van der Waals surface area contributed by atoms with Gasteiger partial charge < -0.3 is 10.6 Å². The number of carbonyl (C=O) groups is 2. The molecule has 0 bridgehead atoms. The van der Waals surface area contributed by atoms with Gasteiger partial charge in [-0.1, -0.05) is 37.6 Å². The number of nitrogens with one attached hydrogen (secondary N) is 2. The molecule has 2 aromatic carbocycles. The molecule has 0 radical (unpaired) electrons. The van der Waals surface area contributed by atoms with Crippen molar-refractivity contribution in [3.05, 3.63) is 59.1 Å². The Labute approximate surface area is 163 Å². The highest BCUT2D eigenvalue weighted by Gasteiger charge is 2.13. The Kier molecular flexibility index (Phi) is 8.01. The first-order valence-electron chi connectivity index (χ1n) is 8.51. The second kappa shape index (κ2) is 10.2. The van der Waals surface area contributed by atoms with Crippen molar-refractivity contribution in [3.8, 4) is 0 Å². The molecule has 0 aromatic heterocycles. The van der Waals surface area contributed by atoms with Crippen molar-refractivity contribution in [3.63, 3.8) is 0 Å². The Morgan fingerprint density at radius 3 is 2.46 bits per heavy atom. The molecule has 0 fully saturated rings. The molecule has 2 amide bonds. The number of para-hydroxylation sites is 1. The number of hydrogen-bond donors (Lipinski definition) is 2. The number of halogens is 1. The van der Waals surface area contributed by atoms with Gasteiger partial charge in [-0.2, -0.15) is 0 Å². The predicted octanol–water partition coefficient (Wildman–Crippen LogP) is 4.85. The summed E-state index contributed by atoms with van der Waals surface area (Å²) in [5.74, 6) is 0.723. The molecule has 0 atom stereocenters. The molecule has 6 heteroatoms. The fourth-order valence-electron chi connectivity index (χ4n) is 2.19.